The molecule has 6 rings (SSSR count). The largest absolute Gasteiger partial charge is 0.453 e. The fourth-order valence-electron chi connectivity index (χ4n) is 5.78. The van der Waals surface area contributed by atoms with Gasteiger partial charge in [0.05, 0.1) is 59.2 Å². The number of ether oxygens (including phenoxy) is 1. The Morgan fingerprint density at radius 2 is 1.85 bits per heavy atom. The number of nitrogens with one attached hydrogen (secondary N) is 3. The Labute approximate surface area is 237 Å². The van der Waals surface area contributed by atoms with E-state index in [0.717, 1.165) is 44.0 Å². The standard InChI is InChI=1S/C29H34FN7O4/c1-27(2,40)24(30)17-33-25(38)20-16-32-22(23-5-4-19-12-18(14-31)15-34-37(19)23)13-21(20)35-28-6-9-29(10-7-28,11-8-28)36-26(39)41-3/h4-5,12-13,15-16,24,40H,6-11,17H2,1-3H3,(H,32,35)(H,33,38)(H,36,39)/t24-,28?,29?/m1/s1. The fraction of sp³-hybridized carbons (Fsp3) is 0.483. The molecule has 3 aromatic rings. The summed E-state index contributed by atoms with van der Waals surface area (Å²) in [5, 5.41) is 32.8. The molecule has 0 unspecified atom stereocenters. The van der Waals surface area contributed by atoms with E-state index in [1.165, 1.54) is 33.4 Å². The van der Waals surface area contributed by atoms with Crippen LogP contribution in [0.5, 0.6) is 0 Å². The maximum atomic E-state index is 14.4. The third-order valence-corrected chi connectivity index (χ3v) is 8.45. The van der Waals surface area contributed by atoms with Gasteiger partial charge in [0.25, 0.3) is 5.91 Å². The summed E-state index contributed by atoms with van der Waals surface area (Å²) in [4.78, 5) is 29.8. The molecule has 216 valence electrons. The number of carbonyl (C=O) groups is 2. The molecule has 3 saturated carbocycles. The highest BCUT2D eigenvalue weighted by molar-refractivity contribution is 6.00. The number of aliphatic hydroxyl groups is 1. The minimum Gasteiger partial charge on any atom is -0.453 e. The van der Waals surface area contributed by atoms with Gasteiger partial charge in [0.2, 0.25) is 0 Å². The van der Waals surface area contributed by atoms with Crippen LogP contribution in [-0.4, -0.2) is 68.2 Å². The molecule has 4 N–H and O–H groups in total. The molecule has 12 heteroatoms. The lowest BCUT2D eigenvalue weighted by molar-refractivity contribution is -0.00178. The zero-order valence-corrected chi connectivity index (χ0v) is 23.3. The summed E-state index contributed by atoms with van der Waals surface area (Å²) in [7, 11) is 1.36. The molecule has 3 aromatic heterocycles. The van der Waals surface area contributed by atoms with Crippen LogP contribution >= 0.6 is 0 Å². The number of hydrogen-bond donors (Lipinski definition) is 4. The van der Waals surface area contributed by atoms with Crippen LogP contribution in [0.25, 0.3) is 16.9 Å². The molecule has 1 atom stereocenters. The summed E-state index contributed by atoms with van der Waals surface area (Å²) >= 11 is 0. The van der Waals surface area contributed by atoms with Crippen molar-refractivity contribution >= 4 is 23.2 Å². The maximum Gasteiger partial charge on any atom is 0.407 e. The predicted octanol–water partition coefficient (Wildman–Crippen LogP) is 3.72. The number of pyridine rings is 1. The van der Waals surface area contributed by atoms with Gasteiger partial charge in [-0.1, -0.05) is 0 Å². The SMILES string of the molecule is COC(=O)NC12CCC(Nc3cc(-c4ccc5cc(C#N)cnn45)ncc3C(=O)NC[C@@H](F)C(C)(C)O)(CC1)CC2. The Kier molecular flexibility index (Phi) is 7.33. The van der Waals surface area contributed by atoms with Gasteiger partial charge in [-0.15, -0.1) is 0 Å². The first kappa shape index (κ1) is 28.3. The molecule has 41 heavy (non-hydrogen) atoms. The zero-order chi connectivity index (χ0) is 29.4. The van der Waals surface area contributed by atoms with E-state index in [-0.39, 0.29) is 23.2 Å². The highest BCUT2D eigenvalue weighted by Gasteiger charge is 2.49. The third-order valence-electron chi connectivity index (χ3n) is 8.45. The Hall–Kier alpha value is -4.24. The summed E-state index contributed by atoms with van der Waals surface area (Å²) in [6.07, 6.45) is 5.45. The molecule has 2 bridgehead atoms. The van der Waals surface area contributed by atoms with E-state index in [1.54, 1.807) is 16.6 Å². The van der Waals surface area contributed by atoms with Gasteiger partial charge < -0.3 is 25.8 Å². The van der Waals surface area contributed by atoms with E-state index in [4.69, 9.17) is 4.74 Å². The van der Waals surface area contributed by atoms with Gasteiger partial charge in [0.1, 0.15) is 12.2 Å². The first-order chi connectivity index (χ1) is 19.5. The minimum atomic E-state index is -1.66. The van der Waals surface area contributed by atoms with Gasteiger partial charge in [-0.3, -0.25) is 9.78 Å². The van der Waals surface area contributed by atoms with E-state index in [2.05, 4.69) is 32.1 Å². The van der Waals surface area contributed by atoms with Crippen LogP contribution in [0.1, 0.15) is 68.3 Å². The van der Waals surface area contributed by atoms with Crippen LogP contribution in [-0.2, 0) is 4.74 Å². The quantitative estimate of drug-likeness (QED) is 0.323. The highest BCUT2D eigenvalue weighted by Crippen LogP contribution is 2.48. The van der Waals surface area contributed by atoms with Gasteiger partial charge >= 0.3 is 6.09 Å². The molecular formula is C29H34FN7O4. The third kappa shape index (κ3) is 5.67. The van der Waals surface area contributed by atoms with Crippen LogP contribution in [0.3, 0.4) is 0 Å². The summed E-state index contributed by atoms with van der Waals surface area (Å²) in [5.41, 5.74) is 1.00. The number of hydrogen-bond acceptors (Lipinski definition) is 8. The Morgan fingerprint density at radius 1 is 1.17 bits per heavy atom. The van der Waals surface area contributed by atoms with E-state index >= 15 is 0 Å². The summed E-state index contributed by atoms with van der Waals surface area (Å²) < 4.78 is 20.9. The van der Waals surface area contributed by atoms with Crippen LogP contribution in [0, 0.1) is 11.3 Å². The number of amides is 2. The lowest BCUT2D eigenvalue weighted by Gasteiger charge is -2.54. The highest BCUT2D eigenvalue weighted by atomic mass is 19.1. The van der Waals surface area contributed by atoms with E-state index in [1.807, 2.05) is 12.1 Å². The molecule has 0 spiro atoms. The maximum absolute atomic E-state index is 14.4. The van der Waals surface area contributed by atoms with Crippen molar-refractivity contribution in [2.45, 2.75) is 75.2 Å². The van der Waals surface area contributed by atoms with Gasteiger partial charge in [-0.05, 0) is 76.6 Å². The molecule has 3 aliphatic rings. The van der Waals surface area contributed by atoms with Crippen molar-refractivity contribution in [1.29, 1.82) is 5.26 Å². The van der Waals surface area contributed by atoms with Crippen molar-refractivity contribution < 1.29 is 23.8 Å². The number of methoxy groups -OCH3 is 1. The molecule has 0 aromatic carbocycles. The summed E-state index contributed by atoms with van der Waals surface area (Å²) in [6.45, 7) is 2.34. The number of aromatic nitrogens is 3. The molecule has 0 radical (unpaired) electrons. The number of carbonyl (C=O) groups excluding carboxylic acids is 2. The number of rotatable bonds is 8. The van der Waals surface area contributed by atoms with Gasteiger partial charge in [-0.25, -0.2) is 13.7 Å². The number of nitriles is 1. The Balaban J connectivity index is 1.45. The number of halogens is 1. The van der Waals surface area contributed by atoms with Crippen LogP contribution in [0.4, 0.5) is 14.9 Å². The van der Waals surface area contributed by atoms with Crippen molar-refractivity contribution in [3.05, 3.63) is 47.8 Å². The average Bonchev–Trinajstić information content (AvgIpc) is 3.39. The van der Waals surface area contributed by atoms with Gasteiger partial charge in [0, 0.05) is 17.3 Å². The minimum absolute atomic E-state index is 0.252. The molecule has 3 fully saturated rings. The second-order valence-electron chi connectivity index (χ2n) is 11.7. The summed E-state index contributed by atoms with van der Waals surface area (Å²) in [6, 6.07) is 9.29. The number of alkyl halides is 1. The van der Waals surface area contributed by atoms with Crippen molar-refractivity contribution in [2.24, 2.45) is 0 Å². The van der Waals surface area contributed by atoms with Gasteiger partial charge in [-0.2, -0.15) is 10.4 Å². The zero-order valence-electron chi connectivity index (χ0n) is 23.3. The van der Waals surface area contributed by atoms with E-state index in [0.29, 0.717) is 22.6 Å². The van der Waals surface area contributed by atoms with Gasteiger partial charge in [0.15, 0.2) is 0 Å². The van der Waals surface area contributed by atoms with Crippen LogP contribution < -0.4 is 16.0 Å². The van der Waals surface area contributed by atoms with Crippen molar-refractivity contribution in [3.8, 4) is 17.5 Å². The lowest BCUT2D eigenvalue weighted by Crippen LogP contribution is -2.61. The van der Waals surface area contributed by atoms with Crippen LogP contribution in [0.2, 0.25) is 0 Å². The molecule has 11 nitrogen and oxygen atoms in total. The van der Waals surface area contributed by atoms with Crippen molar-refractivity contribution in [2.75, 3.05) is 19.0 Å². The molecule has 3 aliphatic carbocycles. The smallest absolute Gasteiger partial charge is 0.407 e. The molecular weight excluding hydrogens is 529 g/mol. The lowest BCUT2D eigenvalue weighted by atomic mass is 9.61. The average molecular weight is 564 g/mol. The molecule has 2 amide bonds. The molecule has 3 heterocycles. The fourth-order valence-corrected chi connectivity index (χ4v) is 5.78. The van der Waals surface area contributed by atoms with Crippen molar-refractivity contribution in [3.63, 3.8) is 0 Å². The number of alkyl carbamates (subject to hydrolysis) is 1. The van der Waals surface area contributed by atoms with Crippen molar-refractivity contribution in [1.82, 2.24) is 25.2 Å². The molecule has 0 saturated heterocycles. The number of fused-ring (bicyclic) bond motifs is 4. The Morgan fingerprint density at radius 3 is 2.49 bits per heavy atom. The summed E-state index contributed by atoms with van der Waals surface area (Å²) in [5.74, 6) is -0.514. The topological polar surface area (TPSA) is 154 Å². The predicted molar refractivity (Wildman–Crippen MR) is 149 cm³/mol. The molecule has 0 aliphatic heterocycles. The second kappa shape index (κ2) is 10.6. The number of nitrogens with zero attached hydrogens (tertiary/aromatic N) is 4. The van der Waals surface area contributed by atoms with E-state index < -0.39 is 23.8 Å². The first-order valence-electron chi connectivity index (χ1n) is 13.6. The van der Waals surface area contributed by atoms with E-state index in [9.17, 15) is 24.3 Å². The monoisotopic (exact) mass is 563 g/mol. The normalized spacial score (nSPS) is 22.5. The number of anilines is 1. The first-order valence-corrected chi connectivity index (χ1v) is 13.6. The second-order valence-corrected chi connectivity index (χ2v) is 11.7. The van der Waals surface area contributed by atoms with Crippen LogP contribution in [0.15, 0.2) is 36.7 Å². The Bertz CT molecular complexity index is 1500.